The van der Waals surface area contributed by atoms with E-state index in [-0.39, 0.29) is 24.7 Å². The topological polar surface area (TPSA) is 68.5 Å². The SMILES string of the molecule is CCOC(=O)c1oc2ccccc2c1NC(=O)Cc1ccc(C)cc1. The van der Waals surface area contributed by atoms with E-state index in [2.05, 4.69) is 5.32 Å². The molecule has 0 fully saturated rings. The van der Waals surface area contributed by atoms with Crippen LogP contribution in [0.1, 0.15) is 28.6 Å². The lowest BCUT2D eigenvalue weighted by atomic mass is 10.1. The standard InChI is InChI=1S/C20H19NO4/c1-3-24-20(23)19-18(15-6-4-5-7-16(15)25-19)21-17(22)12-14-10-8-13(2)9-11-14/h4-11H,3,12H2,1-2H3,(H,21,22). The summed E-state index contributed by atoms with van der Waals surface area (Å²) in [6.45, 7) is 3.94. The summed E-state index contributed by atoms with van der Waals surface area (Å²) in [4.78, 5) is 24.6. The average Bonchev–Trinajstić information content (AvgIpc) is 2.96. The van der Waals surface area contributed by atoms with Crippen LogP contribution < -0.4 is 5.32 Å². The van der Waals surface area contributed by atoms with Crippen molar-refractivity contribution in [1.29, 1.82) is 0 Å². The van der Waals surface area contributed by atoms with Crippen LogP contribution in [0.3, 0.4) is 0 Å². The third kappa shape index (κ3) is 3.71. The summed E-state index contributed by atoms with van der Waals surface area (Å²) < 4.78 is 10.6. The summed E-state index contributed by atoms with van der Waals surface area (Å²) in [5.74, 6) is -0.800. The lowest BCUT2D eigenvalue weighted by molar-refractivity contribution is -0.115. The normalized spacial score (nSPS) is 10.6. The summed E-state index contributed by atoms with van der Waals surface area (Å²) in [6, 6.07) is 14.9. The molecule has 0 bridgehead atoms. The molecule has 0 atom stereocenters. The third-order valence-corrected chi connectivity index (χ3v) is 3.81. The molecule has 0 aliphatic rings. The maximum atomic E-state index is 12.4. The smallest absolute Gasteiger partial charge is 0.376 e. The number of anilines is 1. The summed E-state index contributed by atoms with van der Waals surface area (Å²) in [6.07, 6.45) is 0.210. The van der Waals surface area contributed by atoms with Gasteiger partial charge in [-0.2, -0.15) is 0 Å². The van der Waals surface area contributed by atoms with Crippen molar-refractivity contribution >= 4 is 28.5 Å². The van der Waals surface area contributed by atoms with Crippen molar-refractivity contribution in [3.63, 3.8) is 0 Å². The van der Waals surface area contributed by atoms with Gasteiger partial charge in [0.15, 0.2) is 0 Å². The lowest BCUT2D eigenvalue weighted by Gasteiger charge is -2.06. The molecule has 1 N–H and O–H groups in total. The molecular formula is C20H19NO4. The van der Waals surface area contributed by atoms with Gasteiger partial charge < -0.3 is 14.5 Å². The van der Waals surface area contributed by atoms with Gasteiger partial charge in [-0.3, -0.25) is 4.79 Å². The largest absolute Gasteiger partial charge is 0.460 e. The van der Waals surface area contributed by atoms with Crippen molar-refractivity contribution in [3.05, 3.63) is 65.4 Å². The van der Waals surface area contributed by atoms with Crippen LogP contribution in [0, 0.1) is 6.92 Å². The number of ether oxygens (including phenoxy) is 1. The maximum Gasteiger partial charge on any atom is 0.376 e. The monoisotopic (exact) mass is 337 g/mol. The number of rotatable bonds is 5. The van der Waals surface area contributed by atoms with Gasteiger partial charge in [0.05, 0.1) is 13.0 Å². The molecule has 25 heavy (non-hydrogen) atoms. The fraction of sp³-hybridized carbons (Fsp3) is 0.200. The molecular weight excluding hydrogens is 318 g/mol. The second kappa shape index (κ2) is 7.21. The molecule has 3 rings (SSSR count). The zero-order valence-corrected chi connectivity index (χ0v) is 14.2. The zero-order chi connectivity index (χ0) is 17.8. The van der Waals surface area contributed by atoms with E-state index in [1.807, 2.05) is 37.3 Å². The number of hydrogen-bond acceptors (Lipinski definition) is 4. The molecule has 0 radical (unpaired) electrons. The van der Waals surface area contributed by atoms with E-state index in [4.69, 9.17) is 9.15 Å². The fourth-order valence-electron chi connectivity index (χ4n) is 2.58. The van der Waals surface area contributed by atoms with Gasteiger partial charge in [0, 0.05) is 5.39 Å². The number of benzene rings is 2. The summed E-state index contributed by atoms with van der Waals surface area (Å²) in [7, 11) is 0. The van der Waals surface area contributed by atoms with E-state index in [1.54, 1.807) is 25.1 Å². The number of para-hydroxylation sites is 1. The minimum Gasteiger partial charge on any atom is -0.460 e. The highest BCUT2D eigenvalue weighted by Crippen LogP contribution is 2.31. The highest BCUT2D eigenvalue weighted by Gasteiger charge is 2.23. The fourth-order valence-corrected chi connectivity index (χ4v) is 2.58. The number of carbonyl (C=O) groups is 2. The van der Waals surface area contributed by atoms with E-state index in [0.717, 1.165) is 11.1 Å². The molecule has 0 aliphatic carbocycles. The number of esters is 1. The van der Waals surface area contributed by atoms with Crippen molar-refractivity contribution in [3.8, 4) is 0 Å². The molecule has 128 valence electrons. The second-order valence-corrected chi connectivity index (χ2v) is 5.73. The molecule has 1 amide bonds. The summed E-state index contributed by atoms with van der Waals surface area (Å²) in [5.41, 5.74) is 2.91. The number of hydrogen-bond donors (Lipinski definition) is 1. The number of fused-ring (bicyclic) bond motifs is 1. The van der Waals surface area contributed by atoms with E-state index >= 15 is 0 Å². The van der Waals surface area contributed by atoms with Crippen molar-refractivity contribution in [2.75, 3.05) is 11.9 Å². The summed E-state index contributed by atoms with van der Waals surface area (Å²) in [5, 5.41) is 3.47. The van der Waals surface area contributed by atoms with Crippen LogP contribution in [0.4, 0.5) is 5.69 Å². The minimum absolute atomic E-state index is 0.0142. The molecule has 3 aromatic rings. The molecule has 0 aliphatic heterocycles. The predicted octanol–water partition coefficient (Wildman–Crippen LogP) is 4.10. The first-order valence-corrected chi connectivity index (χ1v) is 8.12. The highest BCUT2D eigenvalue weighted by molar-refractivity contribution is 6.09. The molecule has 2 aromatic carbocycles. The van der Waals surface area contributed by atoms with Crippen LogP contribution in [-0.4, -0.2) is 18.5 Å². The van der Waals surface area contributed by atoms with E-state index in [1.165, 1.54) is 0 Å². The first-order valence-electron chi connectivity index (χ1n) is 8.12. The van der Waals surface area contributed by atoms with Gasteiger partial charge in [-0.15, -0.1) is 0 Å². The predicted molar refractivity (Wildman–Crippen MR) is 95.7 cm³/mol. The van der Waals surface area contributed by atoms with Crippen LogP contribution in [0.5, 0.6) is 0 Å². The molecule has 5 nitrogen and oxygen atoms in total. The number of nitrogens with one attached hydrogen (secondary N) is 1. The van der Waals surface area contributed by atoms with Crippen molar-refractivity contribution in [2.24, 2.45) is 0 Å². The van der Waals surface area contributed by atoms with Gasteiger partial charge in [0.25, 0.3) is 0 Å². The Labute approximate surface area is 145 Å². The maximum absolute atomic E-state index is 12.4. The van der Waals surface area contributed by atoms with Crippen LogP contribution in [0.15, 0.2) is 52.9 Å². The van der Waals surface area contributed by atoms with E-state index in [9.17, 15) is 9.59 Å². The number of carbonyl (C=O) groups excluding carboxylic acids is 2. The Balaban J connectivity index is 1.88. The Bertz CT molecular complexity index is 909. The summed E-state index contributed by atoms with van der Waals surface area (Å²) >= 11 is 0. The Kier molecular flexibility index (Phi) is 4.84. The Hall–Kier alpha value is -3.08. The van der Waals surface area contributed by atoms with E-state index < -0.39 is 5.97 Å². The number of furan rings is 1. The van der Waals surface area contributed by atoms with Gasteiger partial charge in [0.1, 0.15) is 11.3 Å². The van der Waals surface area contributed by atoms with Gasteiger partial charge in [-0.1, -0.05) is 42.0 Å². The molecule has 0 unspecified atom stereocenters. The van der Waals surface area contributed by atoms with Crippen LogP contribution in [-0.2, 0) is 16.0 Å². The van der Waals surface area contributed by atoms with Gasteiger partial charge >= 0.3 is 5.97 Å². The molecule has 0 saturated carbocycles. The molecule has 0 saturated heterocycles. The Morgan fingerprint density at radius 2 is 1.80 bits per heavy atom. The molecule has 5 heteroatoms. The number of amides is 1. The van der Waals surface area contributed by atoms with Gasteiger partial charge in [-0.05, 0) is 31.5 Å². The minimum atomic E-state index is -0.593. The Morgan fingerprint density at radius 1 is 1.08 bits per heavy atom. The van der Waals surface area contributed by atoms with E-state index in [0.29, 0.717) is 16.7 Å². The van der Waals surface area contributed by atoms with Crippen LogP contribution >= 0.6 is 0 Å². The molecule has 1 aromatic heterocycles. The first kappa shape index (κ1) is 16.8. The zero-order valence-electron chi connectivity index (χ0n) is 14.2. The average molecular weight is 337 g/mol. The van der Waals surface area contributed by atoms with Crippen molar-refractivity contribution in [1.82, 2.24) is 0 Å². The van der Waals surface area contributed by atoms with Crippen molar-refractivity contribution < 1.29 is 18.7 Å². The quantitative estimate of drug-likeness (QED) is 0.712. The van der Waals surface area contributed by atoms with Crippen LogP contribution in [0.25, 0.3) is 11.0 Å². The van der Waals surface area contributed by atoms with Gasteiger partial charge in [0.2, 0.25) is 11.7 Å². The molecule has 0 spiro atoms. The van der Waals surface area contributed by atoms with Crippen molar-refractivity contribution in [2.45, 2.75) is 20.3 Å². The first-order chi connectivity index (χ1) is 12.1. The third-order valence-electron chi connectivity index (χ3n) is 3.81. The van der Waals surface area contributed by atoms with Crippen LogP contribution in [0.2, 0.25) is 0 Å². The second-order valence-electron chi connectivity index (χ2n) is 5.73. The lowest BCUT2D eigenvalue weighted by Crippen LogP contribution is -2.16. The van der Waals surface area contributed by atoms with Gasteiger partial charge in [-0.25, -0.2) is 4.79 Å². The molecule has 1 heterocycles. The highest BCUT2D eigenvalue weighted by atomic mass is 16.5. The number of aryl methyl sites for hydroxylation is 1. The Morgan fingerprint density at radius 3 is 2.52 bits per heavy atom.